The number of aliphatic carboxylic acids is 1. The van der Waals surface area contributed by atoms with Gasteiger partial charge in [-0.05, 0) is 0 Å². The van der Waals surface area contributed by atoms with Crippen molar-refractivity contribution in [2.24, 2.45) is 5.16 Å². The van der Waals surface area contributed by atoms with E-state index >= 15 is 0 Å². The Morgan fingerprint density at radius 1 is 1.65 bits per heavy atom. The summed E-state index contributed by atoms with van der Waals surface area (Å²) >= 11 is 5.64. The Balaban J connectivity index is 3.23. The van der Waals surface area contributed by atoms with Gasteiger partial charge in [-0.15, -0.1) is 0 Å². The van der Waals surface area contributed by atoms with E-state index in [1.807, 2.05) is 0 Å². The van der Waals surface area contributed by atoms with Crippen molar-refractivity contribution in [2.75, 3.05) is 12.4 Å². The number of rotatable bonds is 5. The van der Waals surface area contributed by atoms with Crippen LogP contribution in [0.3, 0.4) is 0 Å². The third-order valence-electron chi connectivity index (χ3n) is 1.51. The molecule has 0 aliphatic heterocycles. The minimum Gasteiger partial charge on any atom is -0.476 e. The molecule has 0 aliphatic rings. The number of halogens is 1. The molecule has 0 radical (unpaired) electrons. The number of nitrogens with one attached hydrogen (secondary N) is 1. The molecule has 0 aliphatic carbocycles. The lowest BCUT2D eigenvalue weighted by atomic mass is 10.2. The Morgan fingerprint density at radius 3 is 2.88 bits per heavy atom. The van der Waals surface area contributed by atoms with Gasteiger partial charge in [0.15, 0.2) is 0 Å². The third kappa shape index (κ3) is 3.38. The molecule has 1 heterocycles. The summed E-state index contributed by atoms with van der Waals surface area (Å²) in [6.07, 6.45) is 0.337. The van der Waals surface area contributed by atoms with Crippen molar-refractivity contribution in [2.45, 2.75) is 0 Å². The molecule has 0 bridgehead atoms. The second kappa shape index (κ2) is 5.75. The van der Waals surface area contributed by atoms with Gasteiger partial charge in [-0.25, -0.2) is 14.8 Å². The molecule has 8 nitrogen and oxygen atoms in total. The van der Waals surface area contributed by atoms with Crippen molar-refractivity contribution < 1.29 is 19.5 Å². The van der Waals surface area contributed by atoms with Crippen LogP contribution in [0.15, 0.2) is 11.2 Å². The zero-order chi connectivity index (χ0) is 12.8. The molecule has 0 fully saturated rings. The summed E-state index contributed by atoms with van der Waals surface area (Å²) in [5, 5.41) is 14.3. The summed E-state index contributed by atoms with van der Waals surface area (Å²) in [4.78, 5) is 32.8. The van der Waals surface area contributed by atoms with Gasteiger partial charge in [0.05, 0.1) is 0 Å². The predicted octanol–water partition coefficient (Wildman–Crippen LogP) is 0.133. The average molecular weight is 259 g/mol. The molecule has 0 aromatic carbocycles. The summed E-state index contributed by atoms with van der Waals surface area (Å²) in [7, 11) is 1.19. The van der Waals surface area contributed by atoms with Crippen LogP contribution >= 0.6 is 11.6 Å². The Labute approximate surface area is 100 Å². The van der Waals surface area contributed by atoms with Gasteiger partial charge >= 0.3 is 5.97 Å². The second-order valence-corrected chi connectivity index (χ2v) is 2.98. The van der Waals surface area contributed by atoms with Crippen LogP contribution < -0.4 is 5.32 Å². The van der Waals surface area contributed by atoms with Crippen LogP contribution in [0.1, 0.15) is 5.69 Å². The molecule has 0 spiro atoms. The highest BCUT2D eigenvalue weighted by Gasteiger charge is 2.17. The first-order chi connectivity index (χ1) is 8.08. The van der Waals surface area contributed by atoms with Crippen molar-refractivity contribution in [3.8, 4) is 0 Å². The van der Waals surface area contributed by atoms with Crippen molar-refractivity contribution in [1.82, 2.24) is 9.97 Å². The van der Waals surface area contributed by atoms with Crippen molar-refractivity contribution in [3.63, 3.8) is 0 Å². The molecule has 1 aromatic rings. The molecule has 1 amide bonds. The standard InChI is InChI=1S/C8H7ClN4O4/c1-17-13-6(7(15)16)4-2-5(9)12-8(11-4)10-3-14/h2-3H,1H3,(H,15,16)(H,10,11,12,14)/b13-6-. The van der Waals surface area contributed by atoms with Crippen LogP contribution in [-0.2, 0) is 14.4 Å². The third-order valence-corrected chi connectivity index (χ3v) is 1.70. The molecule has 1 aromatic heterocycles. The van der Waals surface area contributed by atoms with E-state index in [1.54, 1.807) is 0 Å². The van der Waals surface area contributed by atoms with Gasteiger partial charge in [0.1, 0.15) is 18.0 Å². The Kier molecular flexibility index (Phi) is 4.35. The normalized spacial score (nSPS) is 10.8. The van der Waals surface area contributed by atoms with E-state index in [9.17, 15) is 9.59 Å². The van der Waals surface area contributed by atoms with Crippen LogP contribution in [0, 0.1) is 0 Å². The van der Waals surface area contributed by atoms with Gasteiger partial charge in [0, 0.05) is 6.07 Å². The number of anilines is 1. The van der Waals surface area contributed by atoms with E-state index in [4.69, 9.17) is 16.7 Å². The lowest BCUT2D eigenvalue weighted by molar-refractivity contribution is -0.129. The smallest absolute Gasteiger partial charge is 0.360 e. The fourth-order valence-electron chi connectivity index (χ4n) is 0.943. The topological polar surface area (TPSA) is 114 Å². The predicted molar refractivity (Wildman–Crippen MR) is 57.9 cm³/mol. The summed E-state index contributed by atoms with van der Waals surface area (Å²) < 4.78 is 0. The summed E-state index contributed by atoms with van der Waals surface area (Å²) in [5.41, 5.74) is -0.533. The molecular formula is C8H7ClN4O4. The summed E-state index contributed by atoms with van der Waals surface area (Å²) in [6, 6.07) is 1.18. The number of carboxylic acid groups (broad SMARTS) is 1. The van der Waals surface area contributed by atoms with Crippen LogP contribution in [0.2, 0.25) is 5.15 Å². The van der Waals surface area contributed by atoms with Gasteiger partial charge in [-0.3, -0.25) is 10.1 Å². The van der Waals surface area contributed by atoms with E-state index in [2.05, 4.69) is 25.3 Å². The van der Waals surface area contributed by atoms with Gasteiger partial charge in [-0.2, -0.15) is 0 Å². The van der Waals surface area contributed by atoms with Crippen molar-refractivity contribution in [1.29, 1.82) is 0 Å². The maximum atomic E-state index is 10.9. The zero-order valence-corrected chi connectivity index (χ0v) is 9.30. The lowest BCUT2D eigenvalue weighted by Crippen LogP contribution is -2.17. The number of carboxylic acids is 1. The van der Waals surface area contributed by atoms with E-state index < -0.39 is 11.7 Å². The second-order valence-electron chi connectivity index (χ2n) is 2.59. The Hall–Kier alpha value is -2.22. The summed E-state index contributed by atoms with van der Waals surface area (Å²) in [5.74, 6) is -1.48. The van der Waals surface area contributed by atoms with E-state index in [-0.39, 0.29) is 16.8 Å². The molecular weight excluding hydrogens is 252 g/mol. The number of amides is 1. The largest absolute Gasteiger partial charge is 0.476 e. The first-order valence-corrected chi connectivity index (χ1v) is 4.56. The highest BCUT2D eigenvalue weighted by atomic mass is 35.5. The number of carbonyl (C=O) groups excluding carboxylic acids is 1. The van der Waals surface area contributed by atoms with Gasteiger partial charge < -0.3 is 9.94 Å². The van der Waals surface area contributed by atoms with E-state index in [1.165, 1.54) is 13.2 Å². The lowest BCUT2D eigenvalue weighted by Gasteiger charge is -2.03. The number of hydrogen-bond acceptors (Lipinski definition) is 6. The first kappa shape index (κ1) is 12.8. The van der Waals surface area contributed by atoms with Crippen LogP contribution in [0.5, 0.6) is 0 Å². The summed E-state index contributed by atoms with van der Waals surface area (Å²) in [6.45, 7) is 0. The molecule has 0 atom stereocenters. The fourth-order valence-corrected chi connectivity index (χ4v) is 1.13. The minimum absolute atomic E-state index is 0.0376. The highest BCUT2D eigenvalue weighted by molar-refractivity contribution is 6.42. The van der Waals surface area contributed by atoms with Crippen LogP contribution in [0.4, 0.5) is 5.95 Å². The molecule has 0 saturated heterocycles. The quantitative estimate of drug-likeness (QED) is 0.336. The van der Waals surface area contributed by atoms with Crippen LogP contribution in [-0.4, -0.2) is 40.3 Å². The Bertz CT molecular complexity index is 477. The highest BCUT2D eigenvalue weighted by Crippen LogP contribution is 2.11. The minimum atomic E-state index is -1.35. The van der Waals surface area contributed by atoms with E-state index in [0.717, 1.165) is 0 Å². The number of nitrogens with zero attached hydrogens (tertiary/aromatic N) is 3. The number of aromatic nitrogens is 2. The van der Waals surface area contributed by atoms with Crippen LogP contribution in [0.25, 0.3) is 0 Å². The molecule has 0 unspecified atom stereocenters. The van der Waals surface area contributed by atoms with Gasteiger partial charge in [0.2, 0.25) is 18.1 Å². The fraction of sp³-hybridized carbons (Fsp3) is 0.125. The monoisotopic (exact) mass is 258 g/mol. The zero-order valence-electron chi connectivity index (χ0n) is 8.55. The molecule has 9 heteroatoms. The maximum Gasteiger partial charge on any atom is 0.360 e. The molecule has 2 N–H and O–H groups in total. The SMILES string of the molecule is CO/N=C(\C(=O)O)c1cc(Cl)nc(NC=O)n1. The molecule has 0 saturated carbocycles. The van der Waals surface area contributed by atoms with Crippen molar-refractivity contribution >= 4 is 35.6 Å². The maximum absolute atomic E-state index is 10.9. The van der Waals surface area contributed by atoms with Gasteiger partial charge in [0.25, 0.3) is 0 Å². The number of hydrogen-bond donors (Lipinski definition) is 2. The van der Waals surface area contributed by atoms with Crippen molar-refractivity contribution in [3.05, 3.63) is 16.9 Å². The molecule has 17 heavy (non-hydrogen) atoms. The average Bonchev–Trinajstić information content (AvgIpc) is 2.25. The molecule has 1 rings (SSSR count). The van der Waals surface area contributed by atoms with E-state index in [0.29, 0.717) is 6.41 Å². The van der Waals surface area contributed by atoms with Gasteiger partial charge in [-0.1, -0.05) is 16.8 Å². The molecule has 90 valence electrons. The number of oxime groups is 1. The first-order valence-electron chi connectivity index (χ1n) is 4.18. The Morgan fingerprint density at radius 2 is 2.35 bits per heavy atom. The number of carbonyl (C=O) groups is 2.